The van der Waals surface area contributed by atoms with Gasteiger partial charge in [-0.05, 0) is 12.8 Å². The summed E-state index contributed by atoms with van der Waals surface area (Å²) in [5, 5.41) is 13.6. The molecule has 1 saturated carbocycles. The number of nitrogens with one attached hydrogen (secondary N) is 1. The molecule has 0 atom stereocenters. The number of aliphatic hydroxyl groups excluding tert-OH is 1. The third-order valence-electron chi connectivity index (χ3n) is 3.87. The van der Waals surface area contributed by atoms with Crippen molar-refractivity contribution in [3.8, 4) is 0 Å². The van der Waals surface area contributed by atoms with Gasteiger partial charge < -0.3 is 10.4 Å². The van der Waals surface area contributed by atoms with Gasteiger partial charge in [0.05, 0.1) is 12.1 Å². The first-order valence-electron chi connectivity index (χ1n) is 7.29. The second-order valence-electron chi connectivity index (χ2n) is 6.77. The number of nitrogens with zero attached hydrogens (tertiary/aromatic N) is 2. The minimum absolute atomic E-state index is 0.124. The van der Waals surface area contributed by atoms with E-state index >= 15 is 0 Å². The lowest BCUT2D eigenvalue weighted by molar-refractivity contribution is 0.172. The molecule has 1 aromatic rings. The smallest absolute Gasteiger partial charge is 0.137 e. The Morgan fingerprint density at radius 1 is 1.25 bits per heavy atom. The zero-order valence-electron chi connectivity index (χ0n) is 12.5. The first-order valence-corrected chi connectivity index (χ1v) is 7.67. The highest BCUT2D eigenvalue weighted by Gasteiger charge is 2.32. The fourth-order valence-electron chi connectivity index (χ4n) is 2.64. The Hall–Kier alpha value is -0.870. The molecule has 0 bridgehead atoms. The van der Waals surface area contributed by atoms with Crippen LogP contribution < -0.4 is 5.32 Å². The molecular formula is C15H24ClN3O. The van der Waals surface area contributed by atoms with Gasteiger partial charge in [0.1, 0.15) is 16.8 Å². The summed E-state index contributed by atoms with van der Waals surface area (Å²) in [6.07, 6.45) is 5.45. The van der Waals surface area contributed by atoms with Gasteiger partial charge in [-0.15, -0.1) is 0 Å². The van der Waals surface area contributed by atoms with Crippen LogP contribution in [0, 0.1) is 0 Å². The molecule has 4 nitrogen and oxygen atoms in total. The summed E-state index contributed by atoms with van der Waals surface area (Å²) in [5.41, 5.74) is -0.411. The summed E-state index contributed by atoms with van der Waals surface area (Å²) in [5.74, 6) is 1.43. The van der Waals surface area contributed by atoms with E-state index in [2.05, 4.69) is 36.1 Å². The number of rotatable bonds is 3. The number of hydrogen-bond donors (Lipinski definition) is 2. The third kappa shape index (κ3) is 3.61. The van der Waals surface area contributed by atoms with Gasteiger partial charge >= 0.3 is 0 Å². The molecule has 0 aromatic carbocycles. The lowest BCUT2D eigenvalue weighted by Crippen LogP contribution is -2.44. The molecular weight excluding hydrogens is 274 g/mol. The van der Waals surface area contributed by atoms with E-state index in [1.807, 2.05) is 0 Å². The van der Waals surface area contributed by atoms with Crippen LogP contribution in [-0.4, -0.2) is 27.2 Å². The first-order chi connectivity index (χ1) is 9.35. The fraction of sp³-hybridized carbons (Fsp3) is 0.733. The summed E-state index contributed by atoms with van der Waals surface area (Å²) in [7, 11) is 0. The van der Waals surface area contributed by atoms with Crippen molar-refractivity contribution in [2.45, 2.75) is 63.8 Å². The van der Waals surface area contributed by atoms with Crippen molar-refractivity contribution < 1.29 is 5.11 Å². The lowest BCUT2D eigenvalue weighted by Gasteiger charge is -2.37. The highest BCUT2D eigenvalue weighted by atomic mass is 35.5. The van der Waals surface area contributed by atoms with Crippen LogP contribution in [0.4, 0.5) is 5.82 Å². The number of aromatic nitrogens is 2. The Bertz CT molecular complexity index is 465. The van der Waals surface area contributed by atoms with Crippen LogP contribution in [0.15, 0.2) is 6.07 Å². The molecule has 1 aliphatic carbocycles. The third-order valence-corrected chi connectivity index (χ3v) is 4.07. The molecule has 2 N–H and O–H groups in total. The van der Waals surface area contributed by atoms with Crippen LogP contribution in [0.3, 0.4) is 0 Å². The largest absolute Gasteiger partial charge is 0.394 e. The summed E-state index contributed by atoms with van der Waals surface area (Å²) in [6, 6.07) is 1.74. The van der Waals surface area contributed by atoms with E-state index in [4.69, 9.17) is 11.6 Å². The maximum absolute atomic E-state index is 9.76. The van der Waals surface area contributed by atoms with Gasteiger partial charge in [0.15, 0.2) is 0 Å². The minimum Gasteiger partial charge on any atom is -0.394 e. The monoisotopic (exact) mass is 297 g/mol. The zero-order valence-corrected chi connectivity index (χ0v) is 13.3. The van der Waals surface area contributed by atoms with Crippen molar-refractivity contribution in [2.24, 2.45) is 0 Å². The average molecular weight is 298 g/mol. The normalized spacial score (nSPS) is 18.9. The molecule has 5 heteroatoms. The predicted octanol–water partition coefficient (Wildman–Crippen LogP) is 3.53. The number of aliphatic hydroxyl groups is 1. The van der Waals surface area contributed by atoms with Gasteiger partial charge in [0.2, 0.25) is 0 Å². The van der Waals surface area contributed by atoms with Crippen LogP contribution in [0.2, 0.25) is 5.15 Å². The maximum atomic E-state index is 9.76. The molecule has 0 aliphatic heterocycles. The number of halogens is 1. The molecule has 0 spiro atoms. The summed E-state index contributed by atoms with van der Waals surface area (Å²) in [4.78, 5) is 8.87. The lowest BCUT2D eigenvalue weighted by atomic mass is 9.82. The van der Waals surface area contributed by atoms with Crippen LogP contribution in [-0.2, 0) is 5.41 Å². The van der Waals surface area contributed by atoms with Crippen molar-refractivity contribution in [3.05, 3.63) is 17.0 Å². The van der Waals surface area contributed by atoms with Crippen LogP contribution in [0.5, 0.6) is 0 Å². The van der Waals surface area contributed by atoms with Crippen LogP contribution >= 0.6 is 11.6 Å². The quantitative estimate of drug-likeness (QED) is 0.838. The minimum atomic E-state index is -0.259. The molecule has 1 aliphatic rings. The van der Waals surface area contributed by atoms with Crippen molar-refractivity contribution >= 4 is 17.4 Å². The first kappa shape index (κ1) is 15.5. The molecule has 0 saturated heterocycles. The topological polar surface area (TPSA) is 58.0 Å². The van der Waals surface area contributed by atoms with Gasteiger partial charge in [0, 0.05) is 11.5 Å². The van der Waals surface area contributed by atoms with Crippen LogP contribution in [0.1, 0.15) is 58.7 Å². The molecule has 20 heavy (non-hydrogen) atoms. The van der Waals surface area contributed by atoms with E-state index in [1.54, 1.807) is 6.07 Å². The summed E-state index contributed by atoms with van der Waals surface area (Å²) in [6.45, 7) is 6.31. The highest BCUT2D eigenvalue weighted by Crippen LogP contribution is 2.32. The summed E-state index contributed by atoms with van der Waals surface area (Å²) >= 11 is 6.11. The fourth-order valence-corrected chi connectivity index (χ4v) is 2.82. The van der Waals surface area contributed by atoms with Crippen molar-refractivity contribution in [1.29, 1.82) is 0 Å². The molecule has 1 aromatic heterocycles. The predicted molar refractivity (Wildman–Crippen MR) is 82.3 cm³/mol. The summed E-state index contributed by atoms with van der Waals surface area (Å²) < 4.78 is 0. The highest BCUT2D eigenvalue weighted by molar-refractivity contribution is 6.29. The average Bonchev–Trinajstić information content (AvgIpc) is 2.38. The zero-order chi connectivity index (χ0) is 14.8. The molecule has 2 rings (SSSR count). The van der Waals surface area contributed by atoms with E-state index in [0.717, 1.165) is 31.5 Å². The Morgan fingerprint density at radius 3 is 2.45 bits per heavy atom. The Morgan fingerprint density at radius 2 is 1.90 bits per heavy atom. The van der Waals surface area contributed by atoms with E-state index in [1.165, 1.54) is 6.42 Å². The Kier molecular flexibility index (Phi) is 4.55. The van der Waals surface area contributed by atoms with Gasteiger partial charge in [-0.25, -0.2) is 9.97 Å². The molecule has 112 valence electrons. The van der Waals surface area contributed by atoms with Gasteiger partial charge in [-0.3, -0.25) is 0 Å². The van der Waals surface area contributed by atoms with Crippen LogP contribution in [0.25, 0.3) is 0 Å². The van der Waals surface area contributed by atoms with Gasteiger partial charge in [-0.2, -0.15) is 0 Å². The molecule has 1 heterocycles. The van der Waals surface area contributed by atoms with E-state index in [0.29, 0.717) is 11.0 Å². The second kappa shape index (κ2) is 5.86. The van der Waals surface area contributed by atoms with Gasteiger partial charge in [-0.1, -0.05) is 51.6 Å². The SMILES string of the molecule is CC(C)(C)c1nc(Cl)cc(NC2(CO)CCCCC2)n1. The number of anilines is 1. The van der Waals surface area contributed by atoms with Crippen molar-refractivity contribution in [3.63, 3.8) is 0 Å². The van der Waals surface area contributed by atoms with E-state index < -0.39 is 0 Å². The van der Waals surface area contributed by atoms with Gasteiger partial charge in [0.25, 0.3) is 0 Å². The molecule has 0 radical (unpaired) electrons. The molecule has 1 fully saturated rings. The van der Waals surface area contributed by atoms with Crippen molar-refractivity contribution in [1.82, 2.24) is 9.97 Å². The van der Waals surface area contributed by atoms with E-state index in [-0.39, 0.29) is 17.6 Å². The molecule has 0 unspecified atom stereocenters. The Labute approximate surface area is 126 Å². The number of hydrogen-bond acceptors (Lipinski definition) is 4. The second-order valence-corrected chi connectivity index (χ2v) is 7.16. The Balaban J connectivity index is 2.26. The molecule has 0 amide bonds. The van der Waals surface area contributed by atoms with E-state index in [9.17, 15) is 5.11 Å². The maximum Gasteiger partial charge on any atom is 0.137 e. The standard InChI is InChI=1S/C15H24ClN3O/c1-14(2,3)13-17-11(16)9-12(18-13)19-15(10-20)7-5-4-6-8-15/h9,20H,4-8,10H2,1-3H3,(H,17,18,19). The van der Waals surface area contributed by atoms with Crippen molar-refractivity contribution in [2.75, 3.05) is 11.9 Å².